The third kappa shape index (κ3) is 7.10. The molecule has 1 aliphatic rings. The van der Waals surface area contributed by atoms with E-state index >= 15 is 0 Å². The van der Waals surface area contributed by atoms with Gasteiger partial charge in [0.2, 0.25) is 0 Å². The van der Waals surface area contributed by atoms with E-state index in [2.05, 4.69) is 39.0 Å². The second kappa shape index (κ2) is 9.97. The van der Waals surface area contributed by atoms with E-state index in [9.17, 15) is 10.2 Å². The molecule has 0 aromatic rings. The molecule has 0 bridgehead atoms. The zero-order valence-electron chi connectivity index (χ0n) is 13.9. The van der Waals surface area contributed by atoms with Crippen LogP contribution < -0.4 is 0 Å². The van der Waals surface area contributed by atoms with E-state index in [0.717, 1.165) is 38.5 Å². The van der Waals surface area contributed by atoms with Crippen LogP contribution in [0.4, 0.5) is 0 Å². The van der Waals surface area contributed by atoms with Crippen molar-refractivity contribution in [1.82, 2.24) is 0 Å². The molecule has 1 rings (SSSR count). The summed E-state index contributed by atoms with van der Waals surface area (Å²) in [5.74, 6) is 0.498. The highest BCUT2D eigenvalue weighted by Gasteiger charge is 2.24. The van der Waals surface area contributed by atoms with E-state index in [0.29, 0.717) is 0 Å². The zero-order chi connectivity index (χ0) is 15.7. The molecule has 0 heterocycles. The Kier molecular flexibility index (Phi) is 8.63. The second-order valence-electron chi connectivity index (χ2n) is 6.60. The van der Waals surface area contributed by atoms with Gasteiger partial charge in [-0.2, -0.15) is 0 Å². The number of aliphatic hydroxyl groups excluding tert-OH is 2. The van der Waals surface area contributed by atoms with Crippen LogP contribution in [0.5, 0.6) is 0 Å². The Morgan fingerprint density at radius 3 is 2.43 bits per heavy atom. The van der Waals surface area contributed by atoms with Crippen molar-refractivity contribution in [2.75, 3.05) is 13.2 Å². The summed E-state index contributed by atoms with van der Waals surface area (Å²) in [6.45, 7) is 6.89. The van der Waals surface area contributed by atoms with Crippen LogP contribution in [0.1, 0.15) is 59.3 Å². The van der Waals surface area contributed by atoms with E-state index in [1.54, 1.807) is 0 Å². The van der Waals surface area contributed by atoms with Gasteiger partial charge in [0.05, 0.1) is 0 Å². The lowest BCUT2D eigenvalue weighted by Gasteiger charge is -2.28. The number of allylic oxidation sites excluding steroid dienone is 6. The summed E-state index contributed by atoms with van der Waals surface area (Å²) in [4.78, 5) is 0. The second-order valence-corrected chi connectivity index (χ2v) is 6.60. The molecule has 2 nitrogen and oxygen atoms in total. The lowest BCUT2D eigenvalue weighted by Crippen LogP contribution is -2.25. The molecule has 0 aliphatic heterocycles. The minimum Gasteiger partial charge on any atom is -0.396 e. The van der Waals surface area contributed by atoms with Crippen LogP contribution in [-0.4, -0.2) is 23.4 Å². The Balaban J connectivity index is 2.35. The topological polar surface area (TPSA) is 40.5 Å². The summed E-state index contributed by atoms with van der Waals surface area (Å²) in [6.07, 6.45) is 13.3. The Labute approximate surface area is 130 Å². The number of rotatable bonds is 8. The molecule has 0 amide bonds. The molecule has 1 aliphatic carbocycles. The van der Waals surface area contributed by atoms with Crippen molar-refractivity contribution in [3.8, 4) is 0 Å². The summed E-state index contributed by atoms with van der Waals surface area (Å²) in [6, 6.07) is 0. The highest BCUT2D eigenvalue weighted by molar-refractivity contribution is 5.11. The first kappa shape index (κ1) is 18.2. The average Bonchev–Trinajstić information content (AvgIpc) is 2.46. The third-order valence-corrected chi connectivity index (χ3v) is 4.42. The van der Waals surface area contributed by atoms with Gasteiger partial charge in [0.25, 0.3) is 0 Å². The molecule has 0 radical (unpaired) electrons. The van der Waals surface area contributed by atoms with Gasteiger partial charge in [-0.05, 0) is 71.1 Å². The molecule has 2 N–H and O–H groups in total. The van der Waals surface area contributed by atoms with Gasteiger partial charge >= 0.3 is 0 Å². The van der Waals surface area contributed by atoms with E-state index in [-0.39, 0.29) is 25.0 Å². The fraction of sp³-hybridized carbons (Fsp3) is 0.684. The molecule has 0 unspecified atom stereocenters. The first-order valence-corrected chi connectivity index (χ1v) is 8.25. The highest BCUT2D eigenvalue weighted by Crippen LogP contribution is 2.31. The molecule has 0 saturated heterocycles. The van der Waals surface area contributed by atoms with Gasteiger partial charge in [-0.15, -0.1) is 0 Å². The van der Waals surface area contributed by atoms with Gasteiger partial charge in [-0.1, -0.05) is 34.9 Å². The molecule has 0 fully saturated rings. The average molecular weight is 292 g/mol. The molecular formula is C19H32O2. The van der Waals surface area contributed by atoms with E-state index in [4.69, 9.17) is 0 Å². The van der Waals surface area contributed by atoms with Crippen LogP contribution in [-0.2, 0) is 0 Å². The molecule has 0 aromatic heterocycles. The molecule has 0 saturated carbocycles. The van der Waals surface area contributed by atoms with Crippen molar-refractivity contribution in [3.05, 3.63) is 34.9 Å². The van der Waals surface area contributed by atoms with Gasteiger partial charge in [0.15, 0.2) is 0 Å². The molecule has 120 valence electrons. The quantitative estimate of drug-likeness (QED) is 0.651. The minimum absolute atomic E-state index is 0.193. The van der Waals surface area contributed by atoms with E-state index in [1.165, 1.54) is 16.7 Å². The van der Waals surface area contributed by atoms with Crippen molar-refractivity contribution in [1.29, 1.82) is 0 Å². The summed E-state index contributed by atoms with van der Waals surface area (Å²) >= 11 is 0. The number of aliphatic hydroxyl groups is 2. The first-order chi connectivity index (χ1) is 10.1. The van der Waals surface area contributed by atoms with Gasteiger partial charge in [-0.25, -0.2) is 0 Å². The smallest absolute Gasteiger partial charge is 0.0465 e. The van der Waals surface area contributed by atoms with Crippen LogP contribution >= 0.6 is 0 Å². The summed E-state index contributed by atoms with van der Waals surface area (Å²) < 4.78 is 0. The molecule has 0 spiro atoms. The maximum atomic E-state index is 9.41. The lowest BCUT2D eigenvalue weighted by molar-refractivity contribution is 0.115. The Morgan fingerprint density at radius 2 is 1.81 bits per heavy atom. The first-order valence-electron chi connectivity index (χ1n) is 8.25. The minimum atomic E-state index is 0.193. The summed E-state index contributed by atoms with van der Waals surface area (Å²) in [5.41, 5.74) is 4.31. The van der Waals surface area contributed by atoms with Crippen LogP contribution in [0.25, 0.3) is 0 Å². The summed E-state index contributed by atoms with van der Waals surface area (Å²) in [7, 11) is 0. The van der Waals surface area contributed by atoms with Crippen molar-refractivity contribution in [2.24, 2.45) is 11.8 Å². The van der Waals surface area contributed by atoms with Gasteiger partial charge in [0.1, 0.15) is 0 Å². The van der Waals surface area contributed by atoms with Gasteiger partial charge in [0, 0.05) is 13.2 Å². The number of hydrogen-bond donors (Lipinski definition) is 2. The zero-order valence-corrected chi connectivity index (χ0v) is 13.9. The van der Waals surface area contributed by atoms with Gasteiger partial charge < -0.3 is 10.2 Å². The molecule has 2 heteroatoms. The molecule has 21 heavy (non-hydrogen) atoms. The lowest BCUT2D eigenvalue weighted by atomic mass is 9.79. The molecule has 2 atom stereocenters. The van der Waals surface area contributed by atoms with Gasteiger partial charge in [-0.3, -0.25) is 0 Å². The number of hydrogen-bond acceptors (Lipinski definition) is 2. The predicted octanol–water partition coefficient (Wildman–Crippen LogP) is 4.40. The van der Waals surface area contributed by atoms with Crippen LogP contribution in [0.2, 0.25) is 0 Å². The summed E-state index contributed by atoms with van der Waals surface area (Å²) in [5, 5.41) is 18.7. The van der Waals surface area contributed by atoms with Crippen LogP contribution in [0, 0.1) is 11.8 Å². The van der Waals surface area contributed by atoms with Crippen molar-refractivity contribution < 1.29 is 10.2 Å². The van der Waals surface area contributed by atoms with Crippen molar-refractivity contribution in [2.45, 2.75) is 59.3 Å². The van der Waals surface area contributed by atoms with Crippen LogP contribution in [0.15, 0.2) is 34.9 Å². The van der Waals surface area contributed by atoms with E-state index in [1.807, 2.05) is 0 Å². The third-order valence-electron chi connectivity index (χ3n) is 4.42. The standard InChI is InChI=1S/C19H32O2/c1-15(2)6-4-7-16(3)8-5-9-17-10-11-18(13-20)19(12-17)14-21/h6,8,10,18-21H,4-5,7,9,11-14H2,1-3H3/b16-8+/t18-,19+/m0/s1. The fourth-order valence-corrected chi connectivity index (χ4v) is 2.93. The highest BCUT2D eigenvalue weighted by atomic mass is 16.3. The van der Waals surface area contributed by atoms with E-state index < -0.39 is 0 Å². The Hall–Kier alpha value is -0.860. The van der Waals surface area contributed by atoms with Crippen molar-refractivity contribution in [3.63, 3.8) is 0 Å². The molecular weight excluding hydrogens is 260 g/mol. The maximum Gasteiger partial charge on any atom is 0.0465 e. The Bertz CT molecular complexity index is 386. The fourth-order valence-electron chi connectivity index (χ4n) is 2.93. The predicted molar refractivity (Wildman–Crippen MR) is 90.1 cm³/mol. The maximum absolute atomic E-state index is 9.41. The normalized spacial score (nSPS) is 22.9. The Morgan fingerprint density at radius 1 is 1.10 bits per heavy atom. The van der Waals surface area contributed by atoms with Crippen LogP contribution in [0.3, 0.4) is 0 Å². The monoisotopic (exact) mass is 292 g/mol. The molecule has 0 aromatic carbocycles. The SMILES string of the molecule is CC(C)=CCC/C(C)=C/CCC1=CC[C@@H](CO)[C@@H](CO)C1. The largest absolute Gasteiger partial charge is 0.396 e. The van der Waals surface area contributed by atoms with Crippen molar-refractivity contribution >= 4 is 0 Å².